The van der Waals surface area contributed by atoms with Gasteiger partial charge >= 0.3 is 0 Å². The number of rotatable bonds is 10. The maximum atomic E-state index is 13.3. The standard InChI is InChI=1S/C28H21N4.C24H18N.C16H11FN.C16H12N.3C5H8O2.4Ir/c1-19-6-10-22(11-7-19)26-30-27(23-12-8-20(2)9-13-23)32-28(31-26)24-16-14-21(15-17-24)25-5-3-4-18-29-25;1-24(2)20-9-5-4-8-18(20)19-13-11-17(15-21(19)24)23-14-12-16-7-3-6-10-22(16)25-23;1-11-10-13(6-7-15(11)17)16-14-5-3-2-4-12(14)8-9-18-16;1-12-10-13-6-2-3-7-14(13)11-15(12)16-8-4-5-9-17-16;3*1-4(6)3-5(2)7;;;;/h3-14,16-18H,1-2H3;3-10,12-15H,1-2H3;2-5,7-10H,1H3;2-10H,1H3;3*3,6H,1-2H3;;;;/q4*-1;;;;;;;. The van der Waals surface area contributed by atoms with Crippen molar-refractivity contribution in [2.24, 2.45) is 0 Å². The Labute approximate surface area is 738 Å². The van der Waals surface area contributed by atoms with Crippen LogP contribution in [0.4, 0.5) is 4.39 Å². The van der Waals surface area contributed by atoms with Crippen LogP contribution in [0.1, 0.15) is 88.8 Å². The normalized spacial score (nSPS) is 11.3. The van der Waals surface area contributed by atoms with Crippen molar-refractivity contribution in [2.45, 2.75) is 88.5 Å². The van der Waals surface area contributed by atoms with Crippen molar-refractivity contribution in [3.63, 3.8) is 0 Å². The number of pyridine rings is 4. The minimum absolute atomic E-state index is 0. The monoisotopic (exact) mass is 2260 g/mol. The van der Waals surface area contributed by atoms with Crippen LogP contribution in [0.3, 0.4) is 0 Å². The Hall–Kier alpha value is -11.3. The van der Waals surface area contributed by atoms with Crippen molar-refractivity contribution in [1.29, 1.82) is 0 Å². The third-order valence-electron chi connectivity index (χ3n) is 17.8. The topological polar surface area (TPSA) is 202 Å². The number of hydrogen-bond acceptors (Lipinski definition) is 13. The van der Waals surface area contributed by atoms with E-state index in [-0.39, 0.29) is 126 Å². The summed E-state index contributed by atoms with van der Waals surface area (Å²) in [6, 6.07) is 96.6. The Morgan fingerprint density at radius 2 is 0.889 bits per heavy atom. The average molecular weight is 2260 g/mol. The molecule has 0 bridgehead atoms. The number of benzene rings is 10. The smallest absolute Gasteiger partial charge is 0.163 e. The molecule has 0 fully saturated rings. The molecule has 0 atom stereocenters. The number of aryl methyl sites for hydroxylation is 4. The fourth-order valence-electron chi connectivity index (χ4n) is 12.4. The first-order valence-electron chi connectivity index (χ1n) is 36.6. The van der Waals surface area contributed by atoms with E-state index in [1.54, 1.807) is 25.4 Å². The summed E-state index contributed by atoms with van der Waals surface area (Å²) in [4.78, 5) is 62.4. The fourth-order valence-corrected chi connectivity index (χ4v) is 12.4. The first kappa shape index (κ1) is 94.6. The number of carbonyl (C=O) groups excluding carboxylic acids is 3. The largest absolute Gasteiger partial charge is 0.512 e. The van der Waals surface area contributed by atoms with E-state index in [1.807, 2.05) is 134 Å². The van der Waals surface area contributed by atoms with Crippen LogP contribution in [0.15, 0.2) is 303 Å². The summed E-state index contributed by atoms with van der Waals surface area (Å²) in [5.41, 5.74) is 21.0. The zero-order chi connectivity index (χ0) is 80.7. The predicted molar refractivity (Wildman–Crippen MR) is 454 cm³/mol. The van der Waals surface area contributed by atoms with Gasteiger partial charge in [-0.15, -0.1) is 112 Å². The molecule has 10 aromatic carbocycles. The number of hydrogen-bond donors (Lipinski definition) is 3. The van der Waals surface area contributed by atoms with E-state index in [0.29, 0.717) is 23.0 Å². The number of carbonyl (C=O) groups is 3. The summed E-state index contributed by atoms with van der Waals surface area (Å²) in [7, 11) is 0. The van der Waals surface area contributed by atoms with Gasteiger partial charge in [0.1, 0.15) is 5.82 Å². The van der Waals surface area contributed by atoms with Crippen LogP contribution in [0.5, 0.6) is 0 Å². The average Bonchev–Trinajstić information content (AvgIpc) is 1.58. The second kappa shape index (κ2) is 45.3. The Bertz CT molecular complexity index is 5820. The van der Waals surface area contributed by atoms with E-state index in [0.717, 1.165) is 83.4 Å². The van der Waals surface area contributed by atoms with Crippen LogP contribution in [0, 0.1) is 57.8 Å². The maximum Gasteiger partial charge on any atom is 0.163 e. The van der Waals surface area contributed by atoms with Crippen molar-refractivity contribution in [3.05, 3.63) is 366 Å². The summed E-state index contributed by atoms with van der Waals surface area (Å²) >= 11 is 0. The molecule has 15 aromatic rings. The number of allylic oxidation sites excluding steroid dienone is 6. The van der Waals surface area contributed by atoms with Gasteiger partial charge in [0.25, 0.3) is 0 Å². The zero-order valence-electron chi connectivity index (χ0n) is 66.5. The molecular formula is C99H86FIr4N7O6-4. The Morgan fingerprint density at radius 1 is 0.393 bits per heavy atom. The molecule has 1 aliphatic carbocycles. The molecule has 4 radical (unpaired) electrons. The minimum atomic E-state index is -0.237. The zero-order valence-corrected chi connectivity index (χ0v) is 76.1. The number of ketones is 3. The van der Waals surface area contributed by atoms with E-state index in [1.165, 1.54) is 116 Å². The van der Waals surface area contributed by atoms with Crippen LogP contribution >= 0.6 is 0 Å². The van der Waals surface area contributed by atoms with E-state index in [4.69, 9.17) is 35.3 Å². The van der Waals surface area contributed by atoms with Gasteiger partial charge in [-0.3, -0.25) is 28.7 Å². The van der Waals surface area contributed by atoms with E-state index in [2.05, 4.69) is 183 Å². The molecule has 0 spiro atoms. The number of fused-ring (bicyclic) bond motifs is 6. The summed E-state index contributed by atoms with van der Waals surface area (Å²) < 4.78 is 13.3. The molecule has 18 heteroatoms. The molecule has 5 heterocycles. The van der Waals surface area contributed by atoms with Crippen LogP contribution in [-0.4, -0.2) is 67.6 Å². The van der Waals surface area contributed by atoms with Crippen molar-refractivity contribution in [3.8, 4) is 90.3 Å². The van der Waals surface area contributed by atoms with Crippen molar-refractivity contribution in [1.82, 2.24) is 34.9 Å². The molecule has 0 saturated heterocycles. The number of aromatic nitrogens is 7. The van der Waals surface area contributed by atoms with Gasteiger partial charge < -0.3 is 25.3 Å². The Kier molecular flexibility index (Phi) is 36.6. The second-order valence-corrected chi connectivity index (χ2v) is 27.6. The first-order chi connectivity index (χ1) is 54.3. The summed E-state index contributed by atoms with van der Waals surface area (Å²) in [6.45, 7) is 21.1. The number of aliphatic hydroxyl groups excluding tert-OH is 3. The molecule has 0 aliphatic heterocycles. The second-order valence-electron chi connectivity index (χ2n) is 27.6. The van der Waals surface area contributed by atoms with Gasteiger partial charge in [0.05, 0.1) is 22.8 Å². The van der Waals surface area contributed by atoms with Crippen LogP contribution < -0.4 is 0 Å². The quantitative estimate of drug-likeness (QED) is 0.0664. The van der Waals surface area contributed by atoms with Gasteiger partial charge in [0.2, 0.25) is 0 Å². The third-order valence-corrected chi connectivity index (χ3v) is 17.8. The van der Waals surface area contributed by atoms with E-state index >= 15 is 0 Å². The van der Waals surface area contributed by atoms with Crippen LogP contribution in [-0.2, 0) is 100 Å². The van der Waals surface area contributed by atoms with E-state index < -0.39 is 0 Å². The molecule has 600 valence electrons. The SMILES string of the molecule is CC(=O)C=C(C)O.CC(=O)C=C(C)O.CC(=O)C=C(C)O.CC1(C)c2ccccc2-c2c[c-]c(-c3ccc4ccccc4n3)cc21.Cc1cc(-c2nccc3ccccc23)[c-]cc1F.Cc1cc2ccccc2[c-]c1-c1ccccn1.Cc1ccc(-c2nc(-c3c[c-]c(-c4ccccn4)cc3)nc(-c3ccc(C)cc3)n2)cc1.[Ir].[Ir].[Ir].[Ir]. The number of aliphatic hydroxyl groups is 3. The molecule has 0 saturated carbocycles. The van der Waals surface area contributed by atoms with Crippen molar-refractivity contribution in [2.75, 3.05) is 0 Å². The summed E-state index contributed by atoms with van der Waals surface area (Å²) in [6.07, 6.45) is 8.87. The molecular weight excluding hydrogens is 2170 g/mol. The Morgan fingerprint density at radius 3 is 1.43 bits per heavy atom. The van der Waals surface area contributed by atoms with Crippen molar-refractivity contribution >= 4 is 49.8 Å². The predicted octanol–water partition coefficient (Wildman–Crippen LogP) is 23.6. The molecule has 5 aromatic heterocycles. The number of nitrogens with zero attached hydrogens (tertiary/aromatic N) is 7. The molecule has 13 nitrogen and oxygen atoms in total. The summed E-state index contributed by atoms with van der Waals surface area (Å²) in [5, 5.41) is 30.8. The van der Waals surface area contributed by atoms with Gasteiger partial charge in [-0.25, -0.2) is 15.0 Å². The minimum Gasteiger partial charge on any atom is -0.512 e. The maximum absolute atomic E-state index is 13.3. The molecule has 16 rings (SSSR count). The molecule has 117 heavy (non-hydrogen) atoms. The van der Waals surface area contributed by atoms with E-state index in [9.17, 15) is 18.8 Å². The summed E-state index contributed by atoms with van der Waals surface area (Å²) in [5.74, 6) is 1.50. The van der Waals surface area contributed by atoms with Gasteiger partial charge in [0, 0.05) is 140 Å². The third kappa shape index (κ3) is 26.6. The molecule has 3 N–H and O–H groups in total. The fraction of sp³-hybridized carbons (Fsp3) is 0.131. The van der Waals surface area contributed by atoms with Crippen LogP contribution in [0.2, 0.25) is 0 Å². The van der Waals surface area contributed by atoms with Crippen molar-refractivity contribution < 1.29 is 115 Å². The van der Waals surface area contributed by atoms with Crippen LogP contribution in [0.25, 0.3) is 123 Å². The van der Waals surface area contributed by atoms with Gasteiger partial charge in [-0.2, -0.15) is 0 Å². The molecule has 0 unspecified atom stereocenters. The molecule has 1 aliphatic rings. The molecule has 0 amide bonds. The first-order valence-corrected chi connectivity index (χ1v) is 36.6. The number of para-hydroxylation sites is 1. The van der Waals surface area contributed by atoms with Gasteiger partial charge in [-0.1, -0.05) is 242 Å². The van der Waals surface area contributed by atoms with Gasteiger partial charge in [-0.05, 0) is 124 Å². The van der Waals surface area contributed by atoms with Gasteiger partial charge in [0.15, 0.2) is 29.0 Å². The number of halogens is 1. The Balaban J connectivity index is 0.000000226.